The molecule has 0 aromatic heterocycles. The molecule has 112 valence electrons. The average Bonchev–Trinajstić information content (AvgIpc) is 2.74. The average molecular weight is 384 g/mol. The van der Waals surface area contributed by atoms with Gasteiger partial charge in [0.25, 0.3) is 5.91 Å². The van der Waals surface area contributed by atoms with E-state index in [1.165, 1.54) is 12.1 Å². The molecule has 0 spiro atoms. The lowest BCUT2D eigenvalue weighted by Crippen LogP contribution is -2.32. The number of amides is 1. The maximum absolute atomic E-state index is 12.3. The second-order valence-electron chi connectivity index (χ2n) is 4.71. The molecule has 5 nitrogen and oxygen atoms in total. The summed E-state index contributed by atoms with van der Waals surface area (Å²) in [5, 5.41) is 0. The Bertz CT molecular complexity index is 621. The number of carbonyl (C=O) groups excluding carboxylic acids is 1. The second kappa shape index (κ2) is 6.43. The maximum Gasteiger partial charge on any atom is 0.255 e. The summed E-state index contributed by atoms with van der Waals surface area (Å²) >= 11 is 3.29. The van der Waals surface area contributed by atoms with Gasteiger partial charge in [0.15, 0.2) is 9.84 Å². The highest BCUT2D eigenvalue weighted by atomic mass is 79.9. The number of hydrogen-bond acceptors (Lipinski definition) is 4. The first-order chi connectivity index (χ1) is 8.79. The summed E-state index contributed by atoms with van der Waals surface area (Å²) in [4.78, 5) is 14.1. The highest BCUT2D eigenvalue weighted by Gasteiger charge is 2.26. The number of sulfone groups is 1. The van der Waals surface area contributed by atoms with Crippen LogP contribution in [0.1, 0.15) is 16.8 Å². The third kappa shape index (κ3) is 3.72. The lowest BCUT2D eigenvalue weighted by atomic mass is 10.2. The van der Waals surface area contributed by atoms with E-state index in [1.807, 2.05) is 0 Å². The molecular weight excluding hydrogens is 368 g/mol. The monoisotopic (exact) mass is 382 g/mol. The molecule has 8 heteroatoms. The fourth-order valence-electron chi connectivity index (χ4n) is 2.04. The van der Waals surface area contributed by atoms with E-state index >= 15 is 0 Å². The normalized spacial score (nSPS) is 18.8. The van der Waals surface area contributed by atoms with Crippen molar-refractivity contribution in [3.8, 4) is 0 Å². The van der Waals surface area contributed by atoms with Gasteiger partial charge < -0.3 is 10.6 Å². The lowest BCUT2D eigenvalue weighted by molar-refractivity contribution is 0.0789. The summed E-state index contributed by atoms with van der Waals surface area (Å²) in [5.41, 5.74) is 6.14. The fraction of sp³-hybridized carbons (Fsp3) is 0.417. The van der Waals surface area contributed by atoms with Gasteiger partial charge >= 0.3 is 0 Å². The van der Waals surface area contributed by atoms with Gasteiger partial charge in [-0.3, -0.25) is 4.79 Å². The Morgan fingerprint density at radius 2 is 2.10 bits per heavy atom. The standard InChI is InChI=1S/C12H15BrN2O3S.ClH/c1-19(17,18)9-2-3-11(13)10(6-9)12(16)15-5-4-8(14)7-15;/h2-3,6,8H,4-5,7,14H2,1H3;1H. The SMILES string of the molecule is CS(=O)(=O)c1ccc(Br)c(C(=O)N2CCC(N)C2)c1.Cl. The van der Waals surface area contributed by atoms with Gasteiger partial charge in [-0.25, -0.2) is 8.42 Å². The number of rotatable bonds is 2. The number of carbonyl (C=O) groups is 1. The molecule has 1 unspecified atom stereocenters. The predicted octanol–water partition coefficient (Wildman–Crippen LogP) is 1.45. The number of likely N-dealkylation sites (tertiary alicyclic amines) is 1. The molecule has 0 aliphatic carbocycles. The first kappa shape index (κ1) is 17.4. The van der Waals surface area contributed by atoms with E-state index in [0.29, 0.717) is 23.1 Å². The van der Waals surface area contributed by atoms with E-state index in [9.17, 15) is 13.2 Å². The quantitative estimate of drug-likeness (QED) is 0.838. The van der Waals surface area contributed by atoms with Crippen LogP contribution in [-0.2, 0) is 9.84 Å². The number of nitrogens with two attached hydrogens (primary N) is 1. The molecule has 1 fully saturated rings. The Hall–Kier alpha value is -0.630. The van der Waals surface area contributed by atoms with Gasteiger partial charge in [0.1, 0.15) is 0 Å². The minimum atomic E-state index is -3.33. The van der Waals surface area contributed by atoms with Crippen LogP contribution in [0.25, 0.3) is 0 Å². The van der Waals surface area contributed by atoms with E-state index in [-0.39, 0.29) is 29.3 Å². The molecule has 1 aliphatic heterocycles. The van der Waals surface area contributed by atoms with Crippen molar-refractivity contribution in [1.29, 1.82) is 0 Å². The summed E-state index contributed by atoms with van der Waals surface area (Å²) < 4.78 is 23.7. The number of nitrogens with zero attached hydrogens (tertiary/aromatic N) is 1. The predicted molar refractivity (Wildman–Crippen MR) is 83.0 cm³/mol. The van der Waals surface area contributed by atoms with E-state index in [1.54, 1.807) is 11.0 Å². The molecule has 1 atom stereocenters. The second-order valence-corrected chi connectivity index (χ2v) is 7.58. The number of benzene rings is 1. The van der Waals surface area contributed by atoms with Gasteiger partial charge in [-0.05, 0) is 40.5 Å². The first-order valence-corrected chi connectivity index (χ1v) is 8.52. The number of halogens is 2. The molecule has 1 heterocycles. The molecule has 20 heavy (non-hydrogen) atoms. The van der Waals surface area contributed by atoms with Gasteiger partial charge in [0.05, 0.1) is 10.5 Å². The van der Waals surface area contributed by atoms with Crippen LogP contribution in [-0.4, -0.2) is 44.6 Å². The third-order valence-electron chi connectivity index (χ3n) is 3.11. The molecule has 1 aromatic rings. The van der Waals surface area contributed by atoms with Crippen LogP contribution in [0.4, 0.5) is 0 Å². The molecule has 1 aliphatic rings. The van der Waals surface area contributed by atoms with Gasteiger partial charge in [0, 0.05) is 29.9 Å². The van der Waals surface area contributed by atoms with Gasteiger partial charge in [-0.1, -0.05) is 0 Å². The van der Waals surface area contributed by atoms with Crippen molar-refractivity contribution in [1.82, 2.24) is 4.90 Å². The van der Waals surface area contributed by atoms with Crippen molar-refractivity contribution < 1.29 is 13.2 Å². The molecule has 1 aromatic carbocycles. The van der Waals surface area contributed by atoms with Crippen molar-refractivity contribution in [3.63, 3.8) is 0 Å². The summed E-state index contributed by atoms with van der Waals surface area (Å²) in [6, 6.07) is 4.47. The van der Waals surface area contributed by atoms with E-state index in [0.717, 1.165) is 12.7 Å². The topological polar surface area (TPSA) is 80.5 Å². The van der Waals surface area contributed by atoms with Crippen LogP contribution in [0.3, 0.4) is 0 Å². The molecule has 1 saturated heterocycles. The molecule has 1 amide bonds. The summed E-state index contributed by atoms with van der Waals surface area (Å²) in [6.45, 7) is 1.11. The zero-order valence-electron chi connectivity index (χ0n) is 10.9. The van der Waals surface area contributed by atoms with Crippen molar-refractivity contribution in [2.75, 3.05) is 19.3 Å². The molecule has 2 rings (SSSR count). The molecule has 0 saturated carbocycles. The van der Waals surface area contributed by atoms with E-state index in [2.05, 4.69) is 15.9 Å². The smallest absolute Gasteiger partial charge is 0.255 e. The Morgan fingerprint density at radius 1 is 1.45 bits per heavy atom. The zero-order valence-corrected chi connectivity index (χ0v) is 14.1. The molecule has 0 radical (unpaired) electrons. The van der Waals surface area contributed by atoms with Crippen LogP contribution < -0.4 is 5.73 Å². The van der Waals surface area contributed by atoms with E-state index < -0.39 is 9.84 Å². The molecular formula is C12H16BrClN2O3S. The summed E-state index contributed by atoms with van der Waals surface area (Å²) in [7, 11) is -3.33. The highest BCUT2D eigenvalue weighted by Crippen LogP contribution is 2.24. The Labute approximate surface area is 133 Å². The van der Waals surface area contributed by atoms with Crippen LogP contribution in [0, 0.1) is 0 Å². The van der Waals surface area contributed by atoms with Crippen LogP contribution >= 0.6 is 28.3 Å². The summed E-state index contributed by atoms with van der Waals surface area (Å²) in [6.07, 6.45) is 1.89. The number of hydrogen-bond donors (Lipinski definition) is 1. The third-order valence-corrected chi connectivity index (χ3v) is 4.91. The largest absolute Gasteiger partial charge is 0.337 e. The van der Waals surface area contributed by atoms with Crippen LogP contribution in [0.5, 0.6) is 0 Å². The Kier molecular flexibility index (Phi) is 5.60. The van der Waals surface area contributed by atoms with Gasteiger partial charge in [-0.15, -0.1) is 12.4 Å². The molecule has 2 N–H and O–H groups in total. The fourth-order valence-corrected chi connectivity index (χ4v) is 3.10. The van der Waals surface area contributed by atoms with Crippen LogP contribution in [0.2, 0.25) is 0 Å². The minimum absolute atomic E-state index is 0. The van der Waals surface area contributed by atoms with E-state index in [4.69, 9.17) is 5.73 Å². The van der Waals surface area contributed by atoms with Gasteiger partial charge in [0.2, 0.25) is 0 Å². The highest BCUT2D eigenvalue weighted by molar-refractivity contribution is 9.10. The lowest BCUT2D eigenvalue weighted by Gasteiger charge is -2.17. The Balaban J connectivity index is 0.00000200. The Morgan fingerprint density at radius 3 is 2.60 bits per heavy atom. The zero-order chi connectivity index (χ0) is 14.2. The van der Waals surface area contributed by atoms with Crippen molar-refractivity contribution in [3.05, 3.63) is 28.2 Å². The maximum atomic E-state index is 12.3. The van der Waals surface area contributed by atoms with Crippen molar-refractivity contribution >= 4 is 44.1 Å². The summed E-state index contributed by atoms with van der Waals surface area (Å²) in [5.74, 6) is -0.190. The molecule has 0 bridgehead atoms. The van der Waals surface area contributed by atoms with Crippen LogP contribution in [0.15, 0.2) is 27.6 Å². The first-order valence-electron chi connectivity index (χ1n) is 5.83. The van der Waals surface area contributed by atoms with Crippen molar-refractivity contribution in [2.24, 2.45) is 5.73 Å². The van der Waals surface area contributed by atoms with Crippen molar-refractivity contribution in [2.45, 2.75) is 17.4 Å². The minimum Gasteiger partial charge on any atom is -0.337 e. The van der Waals surface area contributed by atoms with Gasteiger partial charge in [-0.2, -0.15) is 0 Å².